The first-order valence-electron chi connectivity index (χ1n) is 3.49. The molecule has 0 rings (SSSR count). The van der Waals surface area contributed by atoms with Gasteiger partial charge in [-0.1, -0.05) is 6.92 Å². The summed E-state index contributed by atoms with van der Waals surface area (Å²) in [4.78, 5) is 0. The molecule has 66 valence electrons. The predicted molar refractivity (Wildman–Crippen MR) is 43.5 cm³/mol. The van der Waals surface area contributed by atoms with E-state index < -0.39 is 10.5 Å². The summed E-state index contributed by atoms with van der Waals surface area (Å²) in [5.41, 5.74) is 0. The van der Waals surface area contributed by atoms with Crippen molar-refractivity contribution in [1.29, 1.82) is 0 Å². The van der Waals surface area contributed by atoms with Crippen LogP contribution in [0, 0.1) is 0 Å². The first-order chi connectivity index (χ1) is 4.88. The highest BCUT2D eigenvalue weighted by Gasteiger charge is 2.20. The second-order valence-corrected chi connectivity index (χ2v) is 3.97. The predicted octanol–water partition coefficient (Wildman–Crippen LogP) is 0.491. The van der Waals surface area contributed by atoms with Crippen LogP contribution in [0.5, 0.6) is 0 Å². The quantitative estimate of drug-likeness (QED) is 0.592. The summed E-state index contributed by atoms with van der Waals surface area (Å²) in [7, 11) is 3.48. The second kappa shape index (κ2) is 3.82. The Bertz CT molecular complexity index is 230. The lowest BCUT2D eigenvalue weighted by Crippen LogP contribution is -2.43. The van der Waals surface area contributed by atoms with Gasteiger partial charge in [-0.15, -0.1) is 4.36 Å². The summed E-state index contributed by atoms with van der Waals surface area (Å²) in [6.07, 6.45) is 0.575. The molecule has 0 aliphatic rings. The van der Waals surface area contributed by atoms with Gasteiger partial charge in [-0.2, -0.15) is 8.42 Å². The molecule has 0 spiro atoms. The van der Waals surface area contributed by atoms with Gasteiger partial charge in [0.25, 0.3) is 0 Å². The van der Waals surface area contributed by atoms with Gasteiger partial charge in [0.05, 0.1) is 21.1 Å². The molecule has 0 radical (unpaired) electrons. The summed E-state index contributed by atoms with van der Waals surface area (Å²) in [6, 6.07) is 0. The number of quaternary nitrogens is 1. The summed E-state index contributed by atoms with van der Waals surface area (Å²) in [5, 5.41) is 0. The molecule has 4 nitrogen and oxygen atoms in total. The monoisotopic (exact) mass is 179 g/mol. The summed E-state index contributed by atoms with van der Waals surface area (Å²) in [6.45, 7) is 1.92. The lowest BCUT2D eigenvalue weighted by Gasteiger charge is -2.28. The first-order valence-corrected chi connectivity index (χ1v) is 4.52. The zero-order valence-electron chi connectivity index (χ0n) is 7.40. The fourth-order valence-corrected chi connectivity index (χ4v) is 1.49. The minimum atomic E-state index is -2.28. The maximum atomic E-state index is 10.2. The van der Waals surface area contributed by atoms with E-state index in [1.807, 2.05) is 28.1 Å². The molecule has 0 saturated carbocycles. The molecule has 0 bridgehead atoms. The van der Waals surface area contributed by atoms with Crippen molar-refractivity contribution in [2.45, 2.75) is 19.5 Å². The van der Waals surface area contributed by atoms with Crippen LogP contribution in [0.4, 0.5) is 0 Å². The van der Waals surface area contributed by atoms with Crippen LogP contribution in [-0.4, -0.2) is 40.2 Å². The molecular weight excluding hydrogens is 164 g/mol. The summed E-state index contributed by atoms with van der Waals surface area (Å²) in [5.74, 6) is 0. The Morgan fingerprint density at radius 2 is 1.82 bits per heavy atom. The number of hydrogen-bond donors (Lipinski definition) is 0. The van der Waals surface area contributed by atoms with Crippen LogP contribution in [0.25, 0.3) is 0 Å². The van der Waals surface area contributed by atoms with Crippen LogP contribution in [-0.2, 0) is 10.5 Å². The van der Waals surface area contributed by atoms with Gasteiger partial charge < -0.3 is 4.48 Å². The molecule has 11 heavy (non-hydrogen) atoms. The Morgan fingerprint density at radius 1 is 1.36 bits per heavy atom. The van der Waals surface area contributed by atoms with Crippen molar-refractivity contribution in [3.63, 3.8) is 0 Å². The molecule has 0 aliphatic carbocycles. The van der Waals surface area contributed by atoms with Crippen molar-refractivity contribution < 1.29 is 12.9 Å². The molecular formula is C6H15N2O2S+. The number of hydrogen-bond acceptors (Lipinski definition) is 3. The van der Waals surface area contributed by atoms with Crippen LogP contribution in [0.1, 0.15) is 13.3 Å². The van der Waals surface area contributed by atoms with E-state index >= 15 is 0 Å². The third-order valence-electron chi connectivity index (χ3n) is 1.47. The largest absolute Gasteiger partial charge is 0.316 e. The standard InChI is InChI=1S/C6H15N2O2S/c1-5-6(7-11(9)10)8(2,3)4/h6H,5H2,1-4H3/q+1. The average Bonchev–Trinajstić information content (AvgIpc) is 1.79. The fourth-order valence-electron chi connectivity index (χ4n) is 0.863. The van der Waals surface area contributed by atoms with Crippen LogP contribution in [0.3, 0.4) is 0 Å². The van der Waals surface area contributed by atoms with Gasteiger partial charge in [-0.05, 0) is 0 Å². The summed E-state index contributed by atoms with van der Waals surface area (Å²) < 4.78 is 24.6. The van der Waals surface area contributed by atoms with Crippen LogP contribution < -0.4 is 0 Å². The van der Waals surface area contributed by atoms with E-state index in [1.54, 1.807) is 0 Å². The highest BCUT2D eigenvalue weighted by atomic mass is 32.2. The smallest absolute Gasteiger partial charge is 0.309 e. The van der Waals surface area contributed by atoms with Gasteiger partial charge in [-0.25, -0.2) is 0 Å². The molecule has 0 fully saturated rings. The Balaban J connectivity index is 4.57. The van der Waals surface area contributed by atoms with Crippen molar-refractivity contribution >= 4 is 10.5 Å². The number of nitrogens with zero attached hydrogens (tertiary/aromatic N) is 2. The first kappa shape index (κ1) is 10.6. The van der Waals surface area contributed by atoms with Crippen LogP contribution >= 0.6 is 0 Å². The van der Waals surface area contributed by atoms with Gasteiger partial charge in [0.2, 0.25) is 0 Å². The Kier molecular flexibility index (Phi) is 3.68. The SMILES string of the molecule is CCC(N=S(=O)=O)[N+](C)(C)C. The van der Waals surface area contributed by atoms with Crippen LogP contribution in [0.15, 0.2) is 4.36 Å². The van der Waals surface area contributed by atoms with Gasteiger partial charge in [0.15, 0.2) is 6.17 Å². The fraction of sp³-hybridized carbons (Fsp3) is 1.00. The van der Waals surface area contributed by atoms with E-state index in [4.69, 9.17) is 0 Å². The van der Waals surface area contributed by atoms with E-state index in [1.165, 1.54) is 0 Å². The Hall–Kier alpha value is -0.420. The molecule has 0 aliphatic heterocycles. The van der Waals surface area contributed by atoms with Crippen molar-refractivity contribution in [3.8, 4) is 0 Å². The molecule has 0 aromatic rings. The lowest BCUT2D eigenvalue weighted by molar-refractivity contribution is -0.895. The molecule has 0 heterocycles. The minimum Gasteiger partial charge on any atom is -0.309 e. The van der Waals surface area contributed by atoms with Crippen molar-refractivity contribution in [2.75, 3.05) is 21.1 Å². The highest BCUT2D eigenvalue weighted by molar-refractivity contribution is 7.61. The van der Waals surface area contributed by atoms with E-state index in [2.05, 4.69) is 4.36 Å². The average molecular weight is 179 g/mol. The zero-order valence-corrected chi connectivity index (χ0v) is 8.22. The van der Waals surface area contributed by atoms with Gasteiger partial charge in [0, 0.05) is 6.42 Å². The van der Waals surface area contributed by atoms with Crippen LogP contribution in [0.2, 0.25) is 0 Å². The topological polar surface area (TPSA) is 46.5 Å². The summed E-state index contributed by atoms with van der Waals surface area (Å²) >= 11 is 0. The van der Waals surface area contributed by atoms with E-state index in [0.717, 1.165) is 6.42 Å². The third-order valence-corrected chi connectivity index (χ3v) is 1.88. The molecule has 1 atom stereocenters. The highest BCUT2D eigenvalue weighted by Crippen LogP contribution is 2.07. The van der Waals surface area contributed by atoms with Crippen molar-refractivity contribution in [1.82, 2.24) is 0 Å². The lowest BCUT2D eigenvalue weighted by atomic mass is 10.3. The molecule has 5 heteroatoms. The second-order valence-electron chi connectivity index (χ2n) is 3.33. The normalized spacial score (nSPS) is 14.2. The zero-order chi connectivity index (χ0) is 9.07. The van der Waals surface area contributed by atoms with Gasteiger partial charge in [-0.3, -0.25) is 0 Å². The number of rotatable bonds is 3. The molecule has 0 amide bonds. The Morgan fingerprint density at radius 3 is 1.91 bits per heavy atom. The van der Waals surface area contributed by atoms with E-state index in [9.17, 15) is 8.42 Å². The van der Waals surface area contributed by atoms with Gasteiger partial charge >= 0.3 is 10.5 Å². The molecule has 0 saturated heterocycles. The van der Waals surface area contributed by atoms with E-state index in [0.29, 0.717) is 4.48 Å². The maximum Gasteiger partial charge on any atom is 0.316 e. The van der Waals surface area contributed by atoms with Crippen molar-refractivity contribution in [3.05, 3.63) is 0 Å². The van der Waals surface area contributed by atoms with E-state index in [-0.39, 0.29) is 6.17 Å². The van der Waals surface area contributed by atoms with Gasteiger partial charge in [0.1, 0.15) is 0 Å². The maximum absolute atomic E-state index is 10.2. The minimum absolute atomic E-state index is 0.159. The molecule has 0 N–H and O–H groups in total. The molecule has 1 unspecified atom stereocenters. The third kappa shape index (κ3) is 4.10. The van der Waals surface area contributed by atoms with Crippen molar-refractivity contribution in [2.24, 2.45) is 4.36 Å². The molecule has 0 aromatic carbocycles. The molecule has 0 aromatic heterocycles. The Labute approximate surface area is 69.1 Å².